The van der Waals surface area contributed by atoms with Crippen molar-refractivity contribution in [2.45, 2.75) is 37.8 Å². The van der Waals surface area contributed by atoms with Crippen LogP contribution in [0.25, 0.3) is 0 Å². The zero-order valence-corrected chi connectivity index (χ0v) is 13.4. The van der Waals surface area contributed by atoms with Crippen molar-refractivity contribution in [2.75, 3.05) is 0 Å². The van der Waals surface area contributed by atoms with E-state index in [0.717, 1.165) is 0 Å². The van der Waals surface area contributed by atoms with Gasteiger partial charge in [0.2, 0.25) is 0 Å². The molecule has 0 unspecified atom stereocenters. The molecule has 0 aromatic heterocycles. The number of aliphatic carboxylic acids is 4. The summed E-state index contributed by atoms with van der Waals surface area (Å²) >= 11 is 0. The van der Waals surface area contributed by atoms with Crippen molar-refractivity contribution in [3.8, 4) is 0 Å². The molecule has 116 valence electrons. The predicted octanol–water partition coefficient (Wildman–Crippen LogP) is -4.52. The SMILES string of the molecule is N[C@H](CCC(=O)O)C(=O)[O-].N[C@H](CCC(=O)O)C(=O)[O-].[Ca+2]. The molecule has 0 radical (unpaired) electrons. The third-order valence-corrected chi connectivity index (χ3v) is 1.94. The van der Waals surface area contributed by atoms with Gasteiger partial charge in [0.05, 0.1) is 11.9 Å². The summed E-state index contributed by atoms with van der Waals surface area (Å²) in [5, 5.41) is 35.9. The number of hydrogen-bond donors (Lipinski definition) is 4. The van der Waals surface area contributed by atoms with Crippen LogP contribution < -0.4 is 21.7 Å². The van der Waals surface area contributed by atoms with Crippen molar-refractivity contribution in [2.24, 2.45) is 11.5 Å². The number of carbonyl (C=O) groups excluding carboxylic acids is 2. The zero-order chi connectivity index (χ0) is 16.3. The van der Waals surface area contributed by atoms with Crippen LogP contribution in [0, 0.1) is 0 Å². The molecule has 21 heavy (non-hydrogen) atoms. The second-order valence-corrected chi connectivity index (χ2v) is 3.72. The minimum absolute atomic E-state index is 0. The monoisotopic (exact) mass is 332 g/mol. The van der Waals surface area contributed by atoms with Gasteiger partial charge < -0.3 is 41.5 Å². The topological polar surface area (TPSA) is 207 Å². The Hall–Kier alpha value is -0.940. The van der Waals surface area contributed by atoms with Crippen molar-refractivity contribution in [1.29, 1.82) is 0 Å². The molecule has 0 amide bonds. The second kappa shape index (κ2) is 14.0. The quantitative estimate of drug-likeness (QED) is 0.313. The fraction of sp³-hybridized carbons (Fsp3) is 0.600. The maximum Gasteiger partial charge on any atom is 2.00 e. The van der Waals surface area contributed by atoms with Crippen molar-refractivity contribution in [3.05, 3.63) is 0 Å². The summed E-state index contributed by atoms with van der Waals surface area (Å²) in [6.07, 6.45) is -0.653. The van der Waals surface area contributed by atoms with Crippen LogP contribution in [0.15, 0.2) is 0 Å². The molecule has 0 aliphatic heterocycles. The molecule has 0 saturated carbocycles. The largest absolute Gasteiger partial charge is 2.00 e. The fourth-order valence-electron chi connectivity index (χ4n) is 0.794. The van der Waals surface area contributed by atoms with Gasteiger partial charge >= 0.3 is 49.7 Å². The zero-order valence-electron chi connectivity index (χ0n) is 11.2. The van der Waals surface area contributed by atoms with Crippen LogP contribution in [0.5, 0.6) is 0 Å². The molecule has 11 heteroatoms. The van der Waals surface area contributed by atoms with Gasteiger partial charge in [0, 0.05) is 24.9 Å². The van der Waals surface area contributed by atoms with Gasteiger partial charge in [-0.1, -0.05) is 0 Å². The van der Waals surface area contributed by atoms with Crippen LogP contribution in [0.2, 0.25) is 0 Å². The molecule has 2 atom stereocenters. The van der Waals surface area contributed by atoms with E-state index < -0.39 is 36.0 Å². The van der Waals surface area contributed by atoms with E-state index in [4.69, 9.17) is 21.7 Å². The summed E-state index contributed by atoms with van der Waals surface area (Å²) in [5.41, 5.74) is 9.88. The minimum atomic E-state index is -1.42. The molecule has 0 aromatic carbocycles. The Labute approximate surface area is 150 Å². The van der Waals surface area contributed by atoms with Gasteiger partial charge in [-0.3, -0.25) is 9.59 Å². The van der Waals surface area contributed by atoms with E-state index in [9.17, 15) is 29.4 Å². The van der Waals surface area contributed by atoms with Gasteiger partial charge in [-0.05, 0) is 12.8 Å². The van der Waals surface area contributed by atoms with Gasteiger partial charge in [-0.2, -0.15) is 0 Å². The molecular formula is C10H16CaN2O8. The summed E-state index contributed by atoms with van der Waals surface area (Å²) in [6.45, 7) is 0. The molecular weight excluding hydrogens is 316 g/mol. The summed E-state index contributed by atoms with van der Waals surface area (Å²) < 4.78 is 0. The summed E-state index contributed by atoms with van der Waals surface area (Å²) in [4.78, 5) is 39.5. The average molecular weight is 332 g/mol. The predicted molar refractivity (Wildman–Crippen MR) is 65.5 cm³/mol. The van der Waals surface area contributed by atoms with Gasteiger partial charge in [0.1, 0.15) is 0 Å². The molecule has 0 heterocycles. The minimum Gasteiger partial charge on any atom is -0.548 e. The van der Waals surface area contributed by atoms with Crippen molar-refractivity contribution in [1.82, 2.24) is 0 Å². The smallest absolute Gasteiger partial charge is 0.548 e. The van der Waals surface area contributed by atoms with Crippen molar-refractivity contribution in [3.63, 3.8) is 0 Å². The molecule has 0 rings (SSSR count). The van der Waals surface area contributed by atoms with Gasteiger partial charge in [-0.15, -0.1) is 0 Å². The Bertz CT molecular complexity index is 329. The van der Waals surface area contributed by atoms with Crippen LogP contribution >= 0.6 is 0 Å². The molecule has 10 nitrogen and oxygen atoms in total. The molecule has 0 bridgehead atoms. The Kier molecular flexibility index (Phi) is 16.7. The Morgan fingerprint density at radius 2 is 1.05 bits per heavy atom. The molecule has 6 N–H and O–H groups in total. The van der Waals surface area contributed by atoms with E-state index in [1.54, 1.807) is 0 Å². The molecule has 0 aliphatic rings. The standard InChI is InChI=1S/2C5H9NO4.Ca/c2*6-3(5(9)10)1-2-4(7)8;/h2*3H,1-2,6H2,(H,7,8)(H,9,10);/q;;+2/p-2/t2*3-;/m11./s1. The number of hydrogen-bond acceptors (Lipinski definition) is 8. The average Bonchev–Trinajstić information content (AvgIpc) is 2.33. The first-order chi connectivity index (χ1) is 9.07. The normalized spacial score (nSPS) is 11.9. The van der Waals surface area contributed by atoms with E-state index in [0.29, 0.717) is 0 Å². The third kappa shape index (κ3) is 19.1. The summed E-state index contributed by atoms with van der Waals surface area (Å²) in [7, 11) is 0. The number of carboxylic acids is 4. The first kappa shape index (κ1) is 25.0. The van der Waals surface area contributed by atoms with Gasteiger partial charge in [-0.25, -0.2) is 0 Å². The molecule has 0 aliphatic carbocycles. The Balaban J connectivity index is -0.000000295. The number of nitrogens with two attached hydrogens (primary N) is 2. The van der Waals surface area contributed by atoms with Gasteiger partial charge in [0.25, 0.3) is 0 Å². The van der Waals surface area contributed by atoms with E-state index in [1.165, 1.54) is 0 Å². The van der Waals surface area contributed by atoms with Crippen LogP contribution in [-0.2, 0) is 19.2 Å². The second-order valence-electron chi connectivity index (χ2n) is 3.72. The first-order valence-electron chi connectivity index (χ1n) is 5.44. The Morgan fingerprint density at radius 3 is 1.19 bits per heavy atom. The molecule has 0 saturated heterocycles. The molecule has 0 fully saturated rings. The number of rotatable bonds is 8. The van der Waals surface area contributed by atoms with Crippen LogP contribution in [-0.4, -0.2) is 83.9 Å². The van der Waals surface area contributed by atoms with E-state index in [2.05, 4.69) is 0 Å². The Morgan fingerprint density at radius 1 is 0.810 bits per heavy atom. The van der Waals surface area contributed by atoms with Gasteiger partial charge in [0.15, 0.2) is 0 Å². The summed E-state index contributed by atoms with van der Waals surface area (Å²) in [5.74, 6) is -4.95. The number of carbonyl (C=O) groups is 4. The van der Waals surface area contributed by atoms with Crippen molar-refractivity contribution >= 4 is 61.6 Å². The fourth-order valence-corrected chi connectivity index (χ4v) is 0.794. The van der Waals surface area contributed by atoms with Crippen LogP contribution in [0.4, 0.5) is 0 Å². The van der Waals surface area contributed by atoms with E-state index in [-0.39, 0.29) is 63.4 Å². The van der Waals surface area contributed by atoms with Crippen molar-refractivity contribution < 1.29 is 39.6 Å². The van der Waals surface area contributed by atoms with E-state index in [1.807, 2.05) is 0 Å². The van der Waals surface area contributed by atoms with E-state index >= 15 is 0 Å². The molecule has 0 spiro atoms. The maximum absolute atomic E-state index is 9.88. The number of carboxylic acid groups (broad SMARTS) is 4. The van der Waals surface area contributed by atoms with Crippen LogP contribution in [0.1, 0.15) is 25.7 Å². The maximum atomic E-state index is 9.88. The third-order valence-electron chi connectivity index (χ3n) is 1.94. The molecule has 0 aromatic rings. The summed E-state index contributed by atoms with van der Waals surface area (Å²) in [6, 6.07) is -2.34. The first-order valence-corrected chi connectivity index (χ1v) is 5.44. The van der Waals surface area contributed by atoms with Crippen LogP contribution in [0.3, 0.4) is 0 Å².